The van der Waals surface area contributed by atoms with Gasteiger partial charge in [-0.15, -0.1) is 5.48 Å². The van der Waals surface area contributed by atoms with Crippen LogP contribution in [0.15, 0.2) is 0 Å². The molecule has 68 valence electrons. The second kappa shape index (κ2) is 4.94. The summed E-state index contributed by atoms with van der Waals surface area (Å²) >= 11 is 0. The topological polar surface area (TPSA) is 113 Å². The molecule has 12 heavy (non-hydrogen) atoms. The van der Waals surface area contributed by atoms with Crippen LogP contribution in [0.5, 0.6) is 0 Å². The summed E-state index contributed by atoms with van der Waals surface area (Å²) in [4.78, 5) is 34.0. The lowest BCUT2D eigenvalue weighted by atomic mass is 10.3. The highest BCUT2D eigenvalue weighted by molar-refractivity contribution is 5.77. The summed E-state index contributed by atoms with van der Waals surface area (Å²) in [7, 11) is 0. The van der Waals surface area contributed by atoms with Crippen LogP contribution in [0, 0.1) is 0 Å². The lowest BCUT2D eigenvalue weighted by Gasteiger charge is -1.99. The minimum atomic E-state index is -1.52. The van der Waals surface area contributed by atoms with E-state index in [1.54, 1.807) is 0 Å². The van der Waals surface area contributed by atoms with Crippen molar-refractivity contribution in [1.82, 2.24) is 5.48 Å². The summed E-state index contributed by atoms with van der Waals surface area (Å²) in [5.41, 5.74) is 1.34. The third kappa shape index (κ3) is 6.33. The monoisotopic (exact) mass is 177 g/mol. The molecule has 0 fully saturated rings. The zero-order valence-electron chi connectivity index (χ0n) is 5.94. The smallest absolute Gasteiger partial charge is 0.438 e. The second-order valence-corrected chi connectivity index (χ2v) is 1.78. The Kier molecular flexibility index (Phi) is 4.20. The van der Waals surface area contributed by atoms with E-state index in [0.717, 1.165) is 0 Å². The SMILES string of the molecule is O=C(O)CCC(=O)ONC(=O)O. The molecule has 0 heterocycles. The Hall–Kier alpha value is -1.79. The first-order chi connectivity index (χ1) is 5.52. The summed E-state index contributed by atoms with van der Waals surface area (Å²) in [6.45, 7) is 0. The van der Waals surface area contributed by atoms with Gasteiger partial charge in [0.1, 0.15) is 0 Å². The van der Waals surface area contributed by atoms with Crippen LogP contribution in [-0.4, -0.2) is 28.2 Å². The van der Waals surface area contributed by atoms with Crippen LogP contribution in [0.4, 0.5) is 4.79 Å². The molecule has 0 atom stereocenters. The van der Waals surface area contributed by atoms with E-state index in [4.69, 9.17) is 10.2 Å². The Morgan fingerprint density at radius 3 is 2.17 bits per heavy atom. The van der Waals surface area contributed by atoms with Crippen molar-refractivity contribution in [2.24, 2.45) is 0 Å². The highest BCUT2D eigenvalue weighted by Gasteiger charge is 2.07. The molecular weight excluding hydrogens is 170 g/mol. The maximum atomic E-state index is 10.4. The predicted octanol–water partition coefficient (Wildman–Crippen LogP) is -0.423. The summed E-state index contributed by atoms with van der Waals surface area (Å²) in [5.74, 6) is -2.08. The van der Waals surface area contributed by atoms with Crippen molar-refractivity contribution in [1.29, 1.82) is 0 Å². The molecule has 0 rings (SSSR count). The number of hydrogen-bond acceptors (Lipinski definition) is 4. The fourth-order valence-electron chi connectivity index (χ4n) is 0.361. The average molecular weight is 177 g/mol. The van der Waals surface area contributed by atoms with Gasteiger partial charge in [0, 0.05) is 0 Å². The number of carboxylic acids is 1. The Labute approximate surface area is 66.9 Å². The van der Waals surface area contributed by atoms with E-state index in [0.29, 0.717) is 0 Å². The van der Waals surface area contributed by atoms with Gasteiger partial charge in [-0.05, 0) is 0 Å². The van der Waals surface area contributed by atoms with E-state index < -0.39 is 18.0 Å². The molecule has 0 aliphatic heterocycles. The molecule has 0 radical (unpaired) electrons. The van der Waals surface area contributed by atoms with Crippen LogP contribution in [0.2, 0.25) is 0 Å². The number of hydroxylamine groups is 1. The van der Waals surface area contributed by atoms with Crippen LogP contribution < -0.4 is 5.48 Å². The van der Waals surface area contributed by atoms with E-state index in [-0.39, 0.29) is 12.8 Å². The van der Waals surface area contributed by atoms with Crippen molar-refractivity contribution in [2.45, 2.75) is 12.8 Å². The molecule has 0 unspecified atom stereocenters. The highest BCUT2D eigenvalue weighted by Crippen LogP contribution is 1.90. The van der Waals surface area contributed by atoms with Crippen molar-refractivity contribution < 1.29 is 29.4 Å². The van der Waals surface area contributed by atoms with Gasteiger partial charge >= 0.3 is 18.0 Å². The molecule has 0 aliphatic carbocycles. The fourth-order valence-corrected chi connectivity index (χ4v) is 0.361. The lowest BCUT2D eigenvalue weighted by molar-refractivity contribution is -0.152. The predicted molar refractivity (Wildman–Crippen MR) is 34.1 cm³/mol. The zero-order valence-corrected chi connectivity index (χ0v) is 5.94. The largest absolute Gasteiger partial charge is 0.481 e. The summed E-state index contributed by atoms with van der Waals surface area (Å²) in [6.07, 6.45) is -2.27. The molecule has 7 heteroatoms. The Morgan fingerprint density at radius 1 is 1.17 bits per heavy atom. The molecule has 0 aromatic rings. The molecule has 0 aromatic carbocycles. The normalized spacial score (nSPS) is 8.67. The number of nitrogens with one attached hydrogen (secondary N) is 1. The van der Waals surface area contributed by atoms with E-state index in [1.807, 2.05) is 0 Å². The molecule has 0 aliphatic rings. The van der Waals surface area contributed by atoms with Gasteiger partial charge < -0.3 is 15.1 Å². The van der Waals surface area contributed by atoms with E-state index in [9.17, 15) is 14.4 Å². The molecule has 0 spiro atoms. The third-order valence-electron chi connectivity index (χ3n) is 0.795. The van der Waals surface area contributed by atoms with Gasteiger partial charge in [-0.2, -0.15) is 0 Å². The van der Waals surface area contributed by atoms with Crippen molar-refractivity contribution in [3.8, 4) is 0 Å². The van der Waals surface area contributed by atoms with E-state index in [2.05, 4.69) is 4.84 Å². The minimum absolute atomic E-state index is 0.365. The number of rotatable bonds is 3. The maximum absolute atomic E-state index is 10.4. The van der Waals surface area contributed by atoms with E-state index >= 15 is 0 Å². The molecule has 0 saturated carbocycles. The van der Waals surface area contributed by atoms with Gasteiger partial charge in [0.25, 0.3) is 0 Å². The van der Waals surface area contributed by atoms with Gasteiger partial charge in [0.05, 0.1) is 12.8 Å². The zero-order chi connectivity index (χ0) is 9.56. The number of carbonyl (C=O) groups is 3. The summed E-state index contributed by atoms with van der Waals surface area (Å²) < 4.78 is 0. The van der Waals surface area contributed by atoms with E-state index in [1.165, 1.54) is 5.48 Å². The number of carbonyl (C=O) groups excluding carboxylic acids is 1. The Bertz CT molecular complexity index is 180. The number of amides is 1. The van der Waals surface area contributed by atoms with Gasteiger partial charge in [-0.3, -0.25) is 4.79 Å². The summed E-state index contributed by atoms with van der Waals surface area (Å²) in [6, 6.07) is 0. The van der Waals surface area contributed by atoms with Crippen molar-refractivity contribution in [3.63, 3.8) is 0 Å². The summed E-state index contributed by atoms with van der Waals surface area (Å²) in [5, 5.41) is 16.0. The minimum Gasteiger partial charge on any atom is -0.481 e. The van der Waals surface area contributed by atoms with Crippen LogP contribution in [0.3, 0.4) is 0 Å². The second-order valence-electron chi connectivity index (χ2n) is 1.78. The first-order valence-corrected chi connectivity index (χ1v) is 2.92. The van der Waals surface area contributed by atoms with Crippen LogP contribution >= 0.6 is 0 Å². The van der Waals surface area contributed by atoms with Crippen molar-refractivity contribution >= 4 is 18.0 Å². The van der Waals surface area contributed by atoms with Gasteiger partial charge in [-0.1, -0.05) is 0 Å². The third-order valence-corrected chi connectivity index (χ3v) is 0.795. The number of aliphatic carboxylic acids is 1. The highest BCUT2D eigenvalue weighted by atomic mass is 16.7. The van der Waals surface area contributed by atoms with Crippen molar-refractivity contribution in [2.75, 3.05) is 0 Å². The first kappa shape index (κ1) is 10.2. The van der Waals surface area contributed by atoms with Crippen LogP contribution in [0.25, 0.3) is 0 Å². The Balaban J connectivity index is 3.47. The van der Waals surface area contributed by atoms with Gasteiger partial charge in [-0.25, -0.2) is 9.59 Å². The maximum Gasteiger partial charge on any atom is 0.438 e. The quantitative estimate of drug-likeness (QED) is 0.504. The molecule has 0 saturated heterocycles. The average Bonchev–Trinajstić information content (AvgIpc) is 1.96. The molecule has 7 nitrogen and oxygen atoms in total. The van der Waals surface area contributed by atoms with Crippen molar-refractivity contribution in [3.05, 3.63) is 0 Å². The fraction of sp³-hybridized carbons (Fsp3) is 0.400. The first-order valence-electron chi connectivity index (χ1n) is 2.92. The molecule has 1 amide bonds. The number of hydrogen-bond donors (Lipinski definition) is 3. The number of carboxylic acid groups (broad SMARTS) is 2. The molecular formula is C5H7NO6. The molecule has 0 aromatic heterocycles. The molecule has 3 N–H and O–H groups in total. The Morgan fingerprint density at radius 2 is 1.75 bits per heavy atom. The standard InChI is InChI=1S/C5H7NO6/c7-3(8)1-2-4(9)12-6-5(10)11/h6H,1-2H2,(H,7,8)(H,10,11). The van der Waals surface area contributed by atoms with Gasteiger partial charge in [0.2, 0.25) is 0 Å². The van der Waals surface area contributed by atoms with Crippen LogP contribution in [-0.2, 0) is 14.4 Å². The van der Waals surface area contributed by atoms with Gasteiger partial charge in [0.15, 0.2) is 0 Å². The van der Waals surface area contributed by atoms with Crippen LogP contribution in [0.1, 0.15) is 12.8 Å². The lowest BCUT2D eigenvalue weighted by Crippen LogP contribution is -2.25. The molecule has 0 bridgehead atoms.